The molecule has 1 aliphatic heterocycles. The summed E-state index contributed by atoms with van der Waals surface area (Å²) >= 11 is 6.34. The quantitative estimate of drug-likeness (QED) is 0.320. The lowest BCUT2D eigenvalue weighted by Crippen LogP contribution is -2.51. The van der Waals surface area contributed by atoms with Crippen LogP contribution in [0.15, 0.2) is 59.2 Å². The maximum absolute atomic E-state index is 13.7. The van der Waals surface area contributed by atoms with Gasteiger partial charge in [-0.15, -0.1) is 0 Å². The Morgan fingerprint density at radius 3 is 2.53 bits per heavy atom. The molecule has 0 amide bonds. The number of allylic oxidation sites excluding steroid dienone is 1. The Bertz CT molecular complexity index is 1320. The van der Waals surface area contributed by atoms with Crippen molar-refractivity contribution in [1.82, 2.24) is 0 Å². The lowest BCUT2D eigenvalue weighted by atomic mass is 9.54. The zero-order valence-electron chi connectivity index (χ0n) is 21.4. The fourth-order valence-corrected chi connectivity index (χ4v) is 6.80. The van der Waals surface area contributed by atoms with E-state index in [2.05, 4.69) is 6.92 Å². The van der Waals surface area contributed by atoms with Crippen molar-refractivity contribution < 1.29 is 29.5 Å². The first-order valence-electron chi connectivity index (χ1n) is 13.3. The molecule has 0 bridgehead atoms. The average Bonchev–Trinajstić information content (AvgIpc) is 2.90. The Kier molecular flexibility index (Phi) is 7.91. The Morgan fingerprint density at radius 1 is 1.11 bits per heavy atom. The second-order valence-electron chi connectivity index (χ2n) is 10.5. The van der Waals surface area contributed by atoms with Crippen LogP contribution in [0.4, 0.5) is 0 Å². The molecule has 3 aliphatic rings. The van der Waals surface area contributed by atoms with Crippen LogP contribution in [0.5, 0.6) is 5.75 Å². The summed E-state index contributed by atoms with van der Waals surface area (Å²) in [6.45, 7) is 1.88. The van der Waals surface area contributed by atoms with Crippen LogP contribution in [-0.2, 0) is 4.65 Å². The van der Waals surface area contributed by atoms with Crippen molar-refractivity contribution in [2.45, 2.75) is 51.5 Å². The number of benzene rings is 2. The molecule has 5 rings (SSSR count). The van der Waals surface area contributed by atoms with Crippen LogP contribution in [0.25, 0.3) is 6.08 Å². The van der Waals surface area contributed by atoms with Crippen LogP contribution < -0.4 is 0 Å². The highest BCUT2D eigenvalue weighted by Crippen LogP contribution is 2.50. The van der Waals surface area contributed by atoms with E-state index >= 15 is 0 Å². The standard InChI is InChI=1S/C30H32BClO6/c1-2-5-17(12-18-9-10-20(34)14-25(18)32)8-11-26-27-19(16-33)13-23-28(24(27)15-31(37)38-26)30(36)22-7-4-3-6-21(22)29(23)35/h3-4,6-7,9-10,12,14,23-24,26,28,33-34,37H,2,5,8,11,13,15-16H2,1H3/b17-12+/t23-,24+,26-,28-/m1/s1. The second kappa shape index (κ2) is 11.2. The third kappa shape index (κ3) is 5.01. The van der Waals surface area contributed by atoms with Crippen molar-refractivity contribution in [2.75, 3.05) is 6.61 Å². The third-order valence-electron chi connectivity index (χ3n) is 8.20. The van der Waals surface area contributed by atoms with Crippen molar-refractivity contribution in [1.29, 1.82) is 0 Å². The number of aromatic hydroxyl groups is 1. The topological polar surface area (TPSA) is 104 Å². The molecular formula is C30H32BClO6. The summed E-state index contributed by atoms with van der Waals surface area (Å²) in [7, 11) is -1.06. The molecule has 1 saturated heterocycles. The molecule has 0 saturated carbocycles. The number of aliphatic hydroxyl groups is 1. The highest BCUT2D eigenvalue weighted by Gasteiger charge is 2.53. The number of Topliss-reactive ketones (excluding diaryl/α,β-unsaturated/α-hetero) is 2. The molecular weight excluding hydrogens is 503 g/mol. The van der Waals surface area contributed by atoms with Crippen LogP contribution in [0.2, 0.25) is 11.3 Å². The number of rotatable bonds is 7. The molecule has 1 fully saturated rings. The normalized spacial score (nSPS) is 25.3. The molecule has 38 heavy (non-hydrogen) atoms. The van der Waals surface area contributed by atoms with Crippen molar-refractivity contribution in [3.63, 3.8) is 0 Å². The third-order valence-corrected chi connectivity index (χ3v) is 8.52. The summed E-state index contributed by atoms with van der Waals surface area (Å²) in [6, 6.07) is 11.8. The molecule has 4 atom stereocenters. The summed E-state index contributed by atoms with van der Waals surface area (Å²) in [5.41, 5.74) is 4.48. The minimum absolute atomic E-state index is 0.0633. The molecule has 0 aromatic heterocycles. The van der Waals surface area contributed by atoms with Gasteiger partial charge in [-0.25, -0.2) is 0 Å². The van der Waals surface area contributed by atoms with E-state index in [0.717, 1.165) is 35.1 Å². The summed E-state index contributed by atoms with van der Waals surface area (Å²) in [6.07, 6.45) is 5.11. The van der Waals surface area contributed by atoms with Crippen LogP contribution in [0.3, 0.4) is 0 Å². The SMILES string of the molecule is CCC/C(=C\c1ccc(O)cc1Cl)CC[C@H]1OB(O)C[C@H]2C1=C(CO)C[C@H]1C(=O)c3ccccc3C(=O)[C@H]12. The number of hydrogen-bond donors (Lipinski definition) is 3. The van der Waals surface area contributed by atoms with E-state index in [1.807, 2.05) is 6.08 Å². The zero-order chi connectivity index (χ0) is 27.0. The van der Waals surface area contributed by atoms with Gasteiger partial charge in [-0.05, 0) is 72.8 Å². The number of aliphatic hydroxyl groups excluding tert-OH is 1. The molecule has 2 aliphatic carbocycles. The first kappa shape index (κ1) is 26.9. The molecule has 2 aromatic rings. The van der Waals surface area contributed by atoms with Gasteiger partial charge in [0.15, 0.2) is 11.6 Å². The fraction of sp³-hybridized carbons (Fsp3) is 0.400. The summed E-state index contributed by atoms with van der Waals surface area (Å²) in [4.78, 5) is 27.1. The molecule has 0 radical (unpaired) electrons. The zero-order valence-corrected chi connectivity index (χ0v) is 22.2. The van der Waals surface area contributed by atoms with E-state index in [4.69, 9.17) is 16.3 Å². The minimum Gasteiger partial charge on any atom is -0.508 e. The molecule has 0 spiro atoms. The molecule has 8 heteroatoms. The van der Waals surface area contributed by atoms with E-state index in [1.54, 1.807) is 36.4 Å². The molecule has 2 aromatic carbocycles. The van der Waals surface area contributed by atoms with Crippen LogP contribution in [0, 0.1) is 17.8 Å². The number of carbonyl (C=O) groups excluding carboxylic acids is 2. The number of halogens is 1. The van der Waals surface area contributed by atoms with Crippen LogP contribution in [-0.4, -0.2) is 46.6 Å². The molecule has 0 unspecified atom stereocenters. The molecule has 3 N–H and O–H groups in total. The predicted octanol–water partition coefficient (Wildman–Crippen LogP) is 5.51. The number of fused-ring (bicyclic) bond motifs is 4. The Hall–Kier alpha value is -2.71. The lowest BCUT2D eigenvalue weighted by Gasteiger charge is -2.47. The van der Waals surface area contributed by atoms with Crippen molar-refractivity contribution in [3.05, 3.63) is 80.9 Å². The summed E-state index contributed by atoms with van der Waals surface area (Å²) in [5, 5.41) is 31.2. The van der Waals surface area contributed by atoms with E-state index in [9.17, 15) is 24.8 Å². The Morgan fingerprint density at radius 2 is 1.84 bits per heavy atom. The minimum atomic E-state index is -1.06. The number of carbonyl (C=O) groups is 2. The number of ketones is 2. The molecule has 1 heterocycles. The van der Waals surface area contributed by atoms with Gasteiger partial charge in [0, 0.05) is 23.0 Å². The van der Waals surface area contributed by atoms with E-state index in [-0.39, 0.29) is 36.2 Å². The van der Waals surface area contributed by atoms with E-state index in [0.29, 0.717) is 35.4 Å². The van der Waals surface area contributed by atoms with E-state index < -0.39 is 25.1 Å². The fourth-order valence-electron chi connectivity index (χ4n) is 6.57. The second-order valence-corrected chi connectivity index (χ2v) is 11.0. The van der Waals surface area contributed by atoms with Gasteiger partial charge in [0.25, 0.3) is 0 Å². The Labute approximate surface area is 228 Å². The summed E-state index contributed by atoms with van der Waals surface area (Å²) < 4.78 is 6.02. The van der Waals surface area contributed by atoms with Crippen molar-refractivity contribution in [2.24, 2.45) is 17.8 Å². The first-order valence-corrected chi connectivity index (χ1v) is 13.7. The largest absolute Gasteiger partial charge is 0.508 e. The van der Waals surface area contributed by atoms with Gasteiger partial charge < -0.3 is 19.9 Å². The van der Waals surface area contributed by atoms with Gasteiger partial charge in [0.2, 0.25) is 0 Å². The van der Waals surface area contributed by atoms with Gasteiger partial charge in [0.05, 0.1) is 17.7 Å². The average molecular weight is 535 g/mol. The predicted molar refractivity (Wildman–Crippen MR) is 147 cm³/mol. The first-order chi connectivity index (χ1) is 18.3. The van der Waals surface area contributed by atoms with Gasteiger partial charge in [-0.3, -0.25) is 9.59 Å². The Balaban J connectivity index is 1.45. The number of hydrogen-bond acceptors (Lipinski definition) is 6. The lowest BCUT2D eigenvalue weighted by molar-refractivity contribution is 0.0590. The summed E-state index contributed by atoms with van der Waals surface area (Å²) in [5.74, 6) is -1.48. The maximum Gasteiger partial charge on any atom is 0.455 e. The van der Waals surface area contributed by atoms with Gasteiger partial charge in [-0.1, -0.05) is 60.9 Å². The monoisotopic (exact) mass is 534 g/mol. The van der Waals surface area contributed by atoms with Gasteiger partial charge in [0.1, 0.15) is 5.75 Å². The van der Waals surface area contributed by atoms with Gasteiger partial charge >= 0.3 is 7.12 Å². The smallest absolute Gasteiger partial charge is 0.455 e. The highest BCUT2D eigenvalue weighted by molar-refractivity contribution is 6.43. The molecule has 6 nitrogen and oxygen atoms in total. The van der Waals surface area contributed by atoms with Gasteiger partial charge in [-0.2, -0.15) is 0 Å². The van der Waals surface area contributed by atoms with Crippen LogP contribution in [0.1, 0.15) is 65.3 Å². The number of phenolic OH excluding ortho intramolecular Hbond substituents is 1. The maximum atomic E-state index is 13.7. The van der Waals surface area contributed by atoms with Crippen molar-refractivity contribution >= 4 is 36.4 Å². The van der Waals surface area contributed by atoms with E-state index in [1.165, 1.54) is 6.07 Å². The number of phenols is 1. The van der Waals surface area contributed by atoms with Crippen molar-refractivity contribution in [3.8, 4) is 5.75 Å². The highest BCUT2D eigenvalue weighted by atomic mass is 35.5. The molecule has 198 valence electrons. The van der Waals surface area contributed by atoms with Crippen LogP contribution >= 0.6 is 11.6 Å².